The summed E-state index contributed by atoms with van der Waals surface area (Å²) in [6.07, 6.45) is 0.163. The summed E-state index contributed by atoms with van der Waals surface area (Å²) in [5, 5.41) is 6.91. The summed E-state index contributed by atoms with van der Waals surface area (Å²) in [5.41, 5.74) is 1.97. The normalized spacial score (nSPS) is 11.6. The second-order valence-corrected chi connectivity index (χ2v) is 7.54. The predicted octanol–water partition coefficient (Wildman–Crippen LogP) is 3.71. The van der Waals surface area contributed by atoms with Gasteiger partial charge in [0.25, 0.3) is 5.91 Å². The zero-order chi connectivity index (χ0) is 23.6. The van der Waals surface area contributed by atoms with Crippen molar-refractivity contribution in [3.63, 3.8) is 0 Å². The average molecular weight is 452 g/mol. The van der Waals surface area contributed by atoms with Gasteiger partial charge in [0.05, 0.1) is 19.8 Å². The first kappa shape index (κ1) is 24.0. The zero-order valence-electron chi connectivity index (χ0n) is 19.1. The van der Waals surface area contributed by atoms with Gasteiger partial charge < -0.3 is 24.2 Å². The highest BCUT2D eigenvalue weighted by Gasteiger charge is 2.21. The van der Waals surface area contributed by atoms with E-state index in [4.69, 9.17) is 14.0 Å². The second-order valence-electron chi connectivity index (χ2n) is 7.54. The molecule has 2 aromatic carbocycles. The molecule has 0 aliphatic carbocycles. The van der Waals surface area contributed by atoms with E-state index in [1.54, 1.807) is 37.3 Å². The van der Waals surface area contributed by atoms with Crippen molar-refractivity contribution < 1.29 is 23.6 Å². The smallest absolute Gasteiger partial charge is 0.276 e. The fourth-order valence-electron chi connectivity index (χ4n) is 3.32. The molecular formula is C25H29N3O5. The van der Waals surface area contributed by atoms with E-state index in [0.29, 0.717) is 18.9 Å². The van der Waals surface area contributed by atoms with Crippen LogP contribution >= 0.6 is 0 Å². The van der Waals surface area contributed by atoms with Crippen molar-refractivity contribution in [1.82, 2.24) is 15.4 Å². The van der Waals surface area contributed by atoms with Gasteiger partial charge in [0.15, 0.2) is 11.5 Å². The summed E-state index contributed by atoms with van der Waals surface area (Å²) >= 11 is 0. The monoisotopic (exact) mass is 451 g/mol. The molecule has 174 valence electrons. The Morgan fingerprint density at radius 2 is 1.79 bits per heavy atom. The van der Waals surface area contributed by atoms with Crippen LogP contribution in [0, 0.1) is 0 Å². The number of carbonyl (C=O) groups excluding carboxylic acids is 2. The van der Waals surface area contributed by atoms with Crippen molar-refractivity contribution in [1.29, 1.82) is 0 Å². The molecule has 0 saturated heterocycles. The first-order valence-electron chi connectivity index (χ1n) is 10.8. The molecule has 0 fully saturated rings. The third kappa shape index (κ3) is 6.66. The van der Waals surface area contributed by atoms with Crippen molar-refractivity contribution in [2.75, 3.05) is 33.9 Å². The van der Waals surface area contributed by atoms with E-state index in [-0.39, 0.29) is 36.5 Å². The lowest BCUT2D eigenvalue weighted by Gasteiger charge is -2.21. The Bertz CT molecular complexity index is 1030. The lowest BCUT2D eigenvalue weighted by molar-refractivity contribution is -0.121. The maximum atomic E-state index is 13.0. The largest absolute Gasteiger partial charge is 0.497 e. The minimum atomic E-state index is -0.320. The van der Waals surface area contributed by atoms with Crippen LogP contribution in [0.5, 0.6) is 5.75 Å². The molecular weight excluding hydrogens is 422 g/mol. The number of methoxy groups -OCH3 is 2. The van der Waals surface area contributed by atoms with E-state index >= 15 is 0 Å². The third-order valence-electron chi connectivity index (χ3n) is 5.24. The van der Waals surface area contributed by atoms with Gasteiger partial charge in [-0.05, 0) is 36.8 Å². The van der Waals surface area contributed by atoms with Crippen LogP contribution in [0.15, 0.2) is 65.2 Å². The van der Waals surface area contributed by atoms with Gasteiger partial charge in [0, 0.05) is 38.2 Å². The van der Waals surface area contributed by atoms with Crippen LogP contribution in [0.4, 0.5) is 0 Å². The fraction of sp³-hybridized carbons (Fsp3) is 0.320. The number of aromatic nitrogens is 1. The molecule has 0 radical (unpaired) electrons. The van der Waals surface area contributed by atoms with Crippen molar-refractivity contribution in [2.45, 2.75) is 19.4 Å². The number of nitrogens with zero attached hydrogens (tertiary/aromatic N) is 2. The minimum Gasteiger partial charge on any atom is -0.497 e. The Kier molecular flexibility index (Phi) is 8.60. The molecule has 0 spiro atoms. The standard InChI is InChI=1S/C25H29N3O5/c1-18(19-7-5-4-6-8-19)26-24(29)13-14-28(15-16-31-2)25(30)22-17-23(33-27-22)20-9-11-21(32-3)12-10-20/h4-12,17-18H,13-16H2,1-3H3,(H,26,29)/t18-/m1/s1. The summed E-state index contributed by atoms with van der Waals surface area (Å²) in [4.78, 5) is 27.1. The number of rotatable bonds is 11. The van der Waals surface area contributed by atoms with Gasteiger partial charge in [-0.2, -0.15) is 0 Å². The van der Waals surface area contributed by atoms with E-state index < -0.39 is 0 Å². The second kappa shape index (κ2) is 11.8. The summed E-state index contributed by atoms with van der Waals surface area (Å²) in [7, 11) is 3.16. The van der Waals surface area contributed by atoms with E-state index in [1.165, 1.54) is 0 Å². The predicted molar refractivity (Wildman–Crippen MR) is 124 cm³/mol. The molecule has 1 heterocycles. The number of amides is 2. The summed E-state index contributed by atoms with van der Waals surface area (Å²) in [5.74, 6) is 0.738. The van der Waals surface area contributed by atoms with Crippen LogP contribution in [0.25, 0.3) is 11.3 Å². The summed E-state index contributed by atoms with van der Waals surface area (Å²) < 4.78 is 15.7. The van der Waals surface area contributed by atoms with E-state index in [1.807, 2.05) is 49.4 Å². The van der Waals surface area contributed by atoms with E-state index in [9.17, 15) is 9.59 Å². The van der Waals surface area contributed by atoms with Crippen LogP contribution in [-0.2, 0) is 9.53 Å². The van der Waals surface area contributed by atoms with Crippen LogP contribution in [0.2, 0.25) is 0 Å². The molecule has 0 unspecified atom stereocenters. The minimum absolute atomic E-state index is 0.121. The zero-order valence-corrected chi connectivity index (χ0v) is 19.1. The van der Waals surface area contributed by atoms with Gasteiger partial charge in [-0.3, -0.25) is 9.59 Å². The number of ether oxygens (including phenoxy) is 2. The Morgan fingerprint density at radius 1 is 1.06 bits per heavy atom. The van der Waals surface area contributed by atoms with Crippen molar-refractivity contribution >= 4 is 11.8 Å². The molecule has 1 atom stereocenters. The molecule has 0 aliphatic rings. The van der Waals surface area contributed by atoms with Gasteiger partial charge in [-0.1, -0.05) is 35.5 Å². The molecule has 33 heavy (non-hydrogen) atoms. The topological polar surface area (TPSA) is 93.9 Å². The molecule has 1 aromatic heterocycles. The molecule has 1 N–H and O–H groups in total. The van der Waals surface area contributed by atoms with E-state index in [0.717, 1.165) is 16.9 Å². The van der Waals surface area contributed by atoms with Gasteiger partial charge in [-0.15, -0.1) is 0 Å². The molecule has 0 saturated carbocycles. The molecule has 8 heteroatoms. The van der Waals surface area contributed by atoms with Crippen LogP contribution in [-0.4, -0.2) is 55.8 Å². The van der Waals surface area contributed by atoms with Gasteiger partial charge >= 0.3 is 0 Å². The molecule has 3 aromatic rings. The maximum absolute atomic E-state index is 13.0. The third-order valence-corrected chi connectivity index (χ3v) is 5.24. The number of hydrogen-bond acceptors (Lipinski definition) is 6. The first-order valence-corrected chi connectivity index (χ1v) is 10.8. The van der Waals surface area contributed by atoms with Crippen LogP contribution < -0.4 is 10.1 Å². The Balaban J connectivity index is 1.62. The van der Waals surface area contributed by atoms with Gasteiger partial charge in [-0.25, -0.2) is 0 Å². The Morgan fingerprint density at radius 3 is 2.45 bits per heavy atom. The maximum Gasteiger partial charge on any atom is 0.276 e. The highest BCUT2D eigenvalue weighted by atomic mass is 16.5. The number of carbonyl (C=O) groups is 2. The van der Waals surface area contributed by atoms with Gasteiger partial charge in [0.2, 0.25) is 5.91 Å². The quantitative estimate of drug-likeness (QED) is 0.478. The summed E-state index contributed by atoms with van der Waals surface area (Å²) in [6.45, 7) is 2.84. The number of nitrogens with one attached hydrogen (secondary N) is 1. The fourth-order valence-corrected chi connectivity index (χ4v) is 3.32. The Labute approximate surface area is 193 Å². The van der Waals surface area contributed by atoms with Gasteiger partial charge in [0.1, 0.15) is 5.75 Å². The molecule has 8 nitrogen and oxygen atoms in total. The number of benzene rings is 2. The molecule has 0 aliphatic heterocycles. The SMILES string of the molecule is COCCN(CCC(=O)N[C@H](C)c1ccccc1)C(=O)c1cc(-c2ccc(OC)cc2)on1. The average Bonchev–Trinajstić information content (AvgIpc) is 3.34. The Hall–Kier alpha value is -3.65. The van der Waals surface area contributed by atoms with Crippen molar-refractivity contribution in [2.24, 2.45) is 0 Å². The van der Waals surface area contributed by atoms with Crippen LogP contribution in [0.1, 0.15) is 35.4 Å². The van der Waals surface area contributed by atoms with Crippen molar-refractivity contribution in [3.05, 3.63) is 71.9 Å². The summed E-state index contributed by atoms with van der Waals surface area (Å²) in [6, 6.07) is 18.5. The lowest BCUT2D eigenvalue weighted by Crippen LogP contribution is -2.38. The van der Waals surface area contributed by atoms with Crippen LogP contribution in [0.3, 0.4) is 0 Å². The first-order chi connectivity index (χ1) is 16.0. The molecule has 3 rings (SSSR count). The lowest BCUT2D eigenvalue weighted by atomic mass is 10.1. The molecule has 2 amide bonds. The highest BCUT2D eigenvalue weighted by molar-refractivity contribution is 5.93. The highest BCUT2D eigenvalue weighted by Crippen LogP contribution is 2.23. The molecule has 0 bridgehead atoms. The number of hydrogen-bond donors (Lipinski definition) is 1. The van der Waals surface area contributed by atoms with Crippen molar-refractivity contribution in [3.8, 4) is 17.1 Å². The van der Waals surface area contributed by atoms with E-state index in [2.05, 4.69) is 10.5 Å².